The molecule has 18 heavy (non-hydrogen) atoms. The van der Waals surface area contributed by atoms with E-state index in [1.54, 1.807) is 7.11 Å². The molecule has 102 valence electrons. The van der Waals surface area contributed by atoms with E-state index < -0.39 is 0 Å². The van der Waals surface area contributed by atoms with E-state index in [1.165, 1.54) is 11.1 Å². The third-order valence-corrected chi connectivity index (χ3v) is 4.03. The summed E-state index contributed by atoms with van der Waals surface area (Å²) < 4.78 is 5.34. The van der Waals surface area contributed by atoms with E-state index in [0.717, 1.165) is 11.3 Å². The summed E-state index contributed by atoms with van der Waals surface area (Å²) in [6, 6.07) is 4.18. The quantitative estimate of drug-likeness (QED) is 0.893. The van der Waals surface area contributed by atoms with Crippen LogP contribution in [0.25, 0.3) is 0 Å². The zero-order chi connectivity index (χ0) is 14.1. The maximum absolute atomic E-state index is 6.45. The van der Waals surface area contributed by atoms with E-state index in [1.807, 2.05) is 0 Å². The molecule has 0 aliphatic heterocycles. The lowest BCUT2D eigenvalue weighted by Gasteiger charge is -2.39. The largest absolute Gasteiger partial charge is 0.496 e. The Labute approximate surface area is 111 Å². The molecule has 1 rings (SSSR count). The standard InChI is InChI=1S/C15H26N2O/c1-10-9-13(18-7)11(2)8-12(10)14(16)15(3,4)17(5)6/h8-9,14H,16H2,1-7H3. The number of aryl methyl sites for hydroxylation is 2. The van der Waals surface area contributed by atoms with Crippen LogP contribution in [0.4, 0.5) is 0 Å². The van der Waals surface area contributed by atoms with E-state index >= 15 is 0 Å². The Kier molecular flexibility index (Phi) is 4.41. The average Bonchev–Trinajstić information content (AvgIpc) is 2.30. The van der Waals surface area contributed by atoms with Crippen LogP contribution in [-0.2, 0) is 0 Å². The highest BCUT2D eigenvalue weighted by atomic mass is 16.5. The lowest BCUT2D eigenvalue weighted by molar-refractivity contribution is 0.158. The molecule has 0 amide bonds. The second-order valence-corrected chi connectivity index (χ2v) is 5.70. The van der Waals surface area contributed by atoms with Crippen LogP contribution in [-0.4, -0.2) is 31.6 Å². The van der Waals surface area contributed by atoms with Crippen molar-refractivity contribution >= 4 is 0 Å². The van der Waals surface area contributed by atoms with E-state index in [2.05, 4.69) is 58.8 Å². The van der Waals surface area contributed by atoms with Crippen LogP contribution in [0.3, 0.4) is 0 Å². The van der Waals surface area contributed by atoms with E-state index in [4.69, 9.17) is 10.5 Å². The molecule has 0 saturated heterocycles. The smallest absolute Gasteiger partial charge is 0.122 e. The van der Waals surface area contributed by atoms with Crippen LogP contribution in [0.2, 0.25) is 0 Å². The zero-order valence-electron chi connectivity index (χ0n) is 12.7. The van der Waals surface area contributed by atoms with Crippen molar-refractivity contribution in [2.45, 2.75) is 39.3 Å². The van der Waals surface area contributed by atoms with Crippen LogP contribution < -0.4 is 10.5 Å². The fraction of sp³-hybridized carbons (Fsp3) is 0.600. The van der Waals surface area contributed by atoms with Gasteiger partial charge < -0.3 is 15.4 Å². The van der Waals surface area contributed by atoms with Gasteiger partial charge in [0.1, 0.15) is 5.75 Å². The number of rotatable bonds is 4. The summed E-state index contributed by atoms with van der Waals surface area (Å²) in [4.78, 5) is 2.16. The Hall–Kier alpha value is -1.06. The molecule has 0 aromatic heterocycles. The normalized spacial score (nSPS) is 13.8. The number of benzene rings is 1. The maximum Gasteiger partial charge on any atom is 0.122 e. The summed E-state index contributed by atoms with van der Waals surface area (Å²) >= 11 is 0. The fourth-order valence-corrected chi connectivity index (χ4v) is 2.03. The highest BCUT2D eigenvalue weighted by Gasteiger charge is 2.31. The molecule has 0 fully saturated rings. The molecule has 0 spiro atoms. The predicted octanol–water partition coefficient (Wildman–Crippen LogP) is 2.65. The lowest BCUT2D eigenvalue weighted by Crippen LogP contribution is -2.47. The van der Waals surface area contributed by atoms with Gasteiger partial charge in [0.05, 0.1) is 7.11 Å². The molecule has 2 N–H and O–H groups in total. The van der Waals surface area contributed by atoms with Crippen LogP contribution in [0.1, 0.15) is 36.6 Å². The molecule has 1 atom stereocenters. The molecule has 3 heteroatoms. The predicted molar refractivity (Wildman–Crippen MR) is 77.2 cm³/mol. The molecular formula is C15H26N2O. The molecule has 0 aliphatic carbocycles. The van der Waals surface area contributed by atoms with Crippen molar-refractivity contribution < 1.29 is 4.74 Å². The first-order valence-electron chi connectivity index (χ1n) is 6.30. The zero-order valence-corrected chi connectivity index (χ0v) is 12.7. The summed E-state index contributed by atoms with van der Waals surface area (Å²) in [7, 11) is 5.82. The number of methoxy groups -OCH3 is 1. The Bertz CT molecular complexity index is 425. The second-order valence-electron chi connectivity index (χ2n) is 5.70. The van der Waals surface area contributed by atoms with Crippen molar-refractivity contribution in [3.05, 3.63) is 28.8 Å². The van der Waals surface area contributed by atoms with Gasteiger partial charge in [0.15, 0.2) is 0 Å². The molecule has 1 aromatic rings. The van der Waals surface area contributed by atoms with Crippen molar-refractivity contribution in [2.75, 3.05) is 21.2 Å². The van der Waals surface area contributed by atoms with Crippen molar-refractivity contribution in [1.29, 1.82) is 0 Å². The van der Waals surface area contributed by atoms with Gasteiger partial charge in [0, 0.05) is 11.6 Å². The van der Waals surface area contributed by atoms with Gasteiger partial charge in [0.25, 0.3) is 0 Å². The number of nitrogens with zero attached hydrogens (tertiary/aromatic N) is 1. The van der Waals surface area contributed by atoms with Gasteiger partial charge in [-0.05, 0) is 64.5 Å². The third-order valence-electron chi connectivity index (χ3n) is 4.03. The monoisotopic (exact) mass is 250 g/mol. The van der Waals surface area contributed by atoms with Gasteiger partial charge in [-0.2, -0.15) is 0 Å². The molecule has 0 heterocycles. The van der Waals surface area contributed by atoms with Gasteiger partial charge in [-0.25, -0.2) is 0 Å². The lowest BCUT2D eigenvalue weighted by atomic mass is 9.85. The summed E-state index contributed by atoms with van der Waals surface area (Å²) in [5, 5.41) is 0. The van der Waals surface area contributed by atoms with Crippen molar-refractivity contribution in [2.24, 2.45) is 5.73 Å². The van der Waals surface area contributed by atoms with E-state index in [9.17, 15) is 0 Å². The third kappa shape index (κ3) is 2.68. The number of likely N-dealkylation sites (N-methyl/N-ethyl adjacent to an activating group) is 1. The Morgan fingerprint density at radius 2 is 1.72 bits per heavy atom. The van der Waals surface area contributed by atoms with Gasteiger partial charge in [-0.15, -0.1) is 0 Å². The number of ether oxygens (including phenoxy) is 1. The highest BCUT2D eigenvalue weighted by molar-refractivity contribution is 5.43. The summed E-state index contributed by atoms with van der Waals surface area (Å²) in [5.41, 5.74) is 9.86. The Morgan fingerprint density at radius 3 is 2.17 bits per heavy atom. The number of hydrogen-bond donors (Lipinski definition) is 1. The minimum atomic E-state index is -0.0915. The van der Waals surface area contributed by atoms with E-state index in [-0.39, 0.29) is 11.6 Å². The second kappa shape index (κ2) is 5.29. The molecule has 0 aliphatic rings. The summed E-state index contributed by atoms with van der Waals surface area (Å²) in [5.74, 6) is 0.922. The van der Waals surface area contributed by atoms with Gasteiger partial charge in [-0.3, -0.25) is 0 Å². The Morgan fingerprint density at radius 1 is 1.17 bits per heavy atom. The molecule has 3 nitrogen and oxygen atoms in total. The average molecular weight is 250 g/mol. The molecule has 1 aromatic carbocycles. The number of nitrogens with two attached hydrogens (primary N) is 1. The first-order chi connectivity index (χ1) is 8.21. The SMILES string of the molecule is COc1cc(C)c(C(N)C(C)(C)N(C)C)cc1C. The summed E-state index contributed by atoms with van der Waals surface area (Å²) in [6.07, 6.45) is 0. The minimum absolute atomic E-state index is 0.0305. The molecular weight excluding hydrogens is 224 g/mol. The first kappa shape index (κ1) is 15.0. The molecule has 1 unspecified atom stereocenters. The van der Waals surface area contributed by atoms with Crippen LogP contribution >= 0.6 is 0 Å². The molecule has 0 saturated carbocycles. The van der Waals surface area contributed by atoms with Gasteiger partial charge in [0.2, 0.25) is 0 Å². The highest BCUT2D eigenvalue weighted by Crippen LogP contribution is 2.32. The van der Waals surface area contributed by atoms with Crippen LogP contribution in [0, 0.1) is 13.8 Å². The molecule has 0 radical (unpaired) electrons. The fourth-order valence-electron chi connectivity index (χ4n) is 2.03. The van der Waals surface area contributed by atoms with Crippen molar-refractivity contribution in [3.8, 4) is 5.75 Å². The van der Waals surface area contributed by atoms with Crippen LogP contribution in [0.15, 0.2) is 12.1 Å². The Balaban J connectivity index is 3.22. The van der Waals surface area contributed by atoms with E-state index in [0.29, 0.717) is 0 Å². The van der Waals surface area contributed by atoms with Crippen molar-refractivity contribution in [1.82, 2.24) is 4.90 Å². The molecule has 0 bridgehead atoms. The first-order valence-corrected chi connectivity index (χ1v) is 6.30. The maximum atomic E-state index is 6.45. The van der Waals surface area contributed by atoms with Crippen LogP contribution in [0.5, 0.6) is 5.75 Å². The van der Waals surface area contributed by atoms with Crippen molar-refractivity contribution in [3.63, 3.8) is 0 Å². The minimum Gasteiger partial charge on any atom is -0.496 e. The van der Waals surface area contributed by atoms with Gasteiger partial charge >= 0.3 is 0 Å². The topological polar surface area (TPSA) is 38.5 Å². The number of hydrogen-bond acceptors (Lipinski definition) is 3. The summed E-state index contributed by atoms with van der Waals surface area (Å²) in [6.45, 7) is 8.47. The van der Waals surface area contributed by atoms with Gasteiger partial charge in [-0.1, -0.05) is 6.07 Å².